The SMILES string of the molecule is CC=C[N+](C)(CCCCCCCCCCCCCC)CCCCCCCCCCCCCC. The van der Waals surface area contributed by atoms with E-state index in [9.17, 15) is 0 Å². The second-order valence-electron chi connectivity index (χ2n) is 11.2. The summed E-state index contributed by atoms with van der Waals surface area (Å²) in [4.78, 5) is 0. The third-order valence-electron chi connectivity index (χ3n) is 7.55. The quantitative estimate of drug-likeness (QED) is 0.0837. The Morgan fingerprint density at radius 2 is 0.636 bits per heavy atom. The fourth-order valence-corrected chi connectivity index (χ4v) is 5.25. The van der Waals surface area contributed by atoms with E-state index in [1.807, 2.05) is 0 Å². The number of hydrogen-bond acceptors (Lipinski definition) is 0. The summed E-state index contributed by atoms with van der Waals surface area (Å²) in [6.07, 6.45) is 39.4. The number of unbranched alkanes of at least 4 members (excludes halogenated alkanes) is 22. The first-order valence-corrected chi connectivity index (χ1v) is 15.7. The topological polar surface area (TPSA) is 0 Å². The van der Waals surface area contributed by atoms with Crippen LogP contribution in [0.15, 0.2) is 12.3 Å². The molecule has 0 aromatic rings. The molecule has 0 saturated carbocycles. The number of hydrogen-bond donors (Lipinski definition) is 0. The van der Waals surface area contributed by atoms with Gasteiger partial charge in [-0.3, -0.25) is 4.48 Å². The van der Waals surface area contributed by atoms with Gasteiger partial charge >= 0.3 is 0 Å². The molecule has 33 heavy (non-hydrogen) atoms. The van der Waals surface area contributed by atoms with Crippen molar-refractivity contribution in [2.45, 2.75) is 175 Å². The fraction of sp³-hybridized carbons (Fsp3) is 0.938. The number of rotatable bonds is 27. The molecular weight excluding hydrogens is 398 g/mol. The summed E-state index contributed by atoms with van der Waals surface area (Å²) in [6, 6.07) is 0. The number of allylic oxidation sites excluding steroid dienone is 1. The van der Waals surface area contributed by atoms with Crippen LogP contribution in [-0.4, -0.2) is 24.6 Å². The van der Waals surface area contributed by atoms with Crippen LogP contribution in [0, 0.1) is 0 Å². The molecule has 0 rings (SSSR count). The van der Waals surface area contributed by atoms with Crippen LogP contribution in [-0.2, 0) is 0 Å². The molecule has 0 aliphatic heterocycles. The summed E-state index contributed by atoms with van der Waals surface area (Å²) in [7, 11) is 2.46. The molecule has 0 aliphatic carbocycles. The molecule has 0 fully saturated rings. The molecule has 198 valence electrons. The molecule has 0 unspecified atom stereocenters. The molecule has 0 heterocycles. The van der Waals surface area contributed by atoms with Crippen molar-refractivity contribution in [1.29, 1.82) is 0 Å². The fourth-order valence-electron chi connectivity index (χ4n) is 5.25. The van der Waals surface area contributed by atoms with Crippen molar-refractivity contribution in [3.8, 4) is 0 Å². The lowest BCUT2D eigenvalue weighted by molar-refractivity contribution is -0.860. The summed E-state index contributed by atoms with van der Waals surface area (Å²) >= 11 is 0. The van der Waals surface area contributed by atoms with Crippen molar-refractivity contribution in [1.82, 2.24) is 0 Å². The highest BCUT2D eigenvalue weighted by Crippen LogP contribution is 2.16. The van der Waals surface area contributed by atoms with Crippen molar-refractivity contribution < 1.29 is 4.48 Å². The van der Waals surface area contributed by atoms with Crippen LogP contribution in [0.1, 0.15) is 175 Å². The van der Waals surface area contributed by atoms with E-state index >= 15 is 0 Å². The zero-order valence-corrected chi connectivity index (χ0v) is 24.0. The van der Waals surface area contributed by atoms with Gasteiger partial charge in [0.1, 0.15) is 0 Å². The first-order chi connectivity index (χ1) is 16.2. The lowest BCUT2D eigenvalue weighted by atomic mass is 10.0. The van der Waals surface area contributed by atoms with Gasteiger partial charge in [-0.2, -0.15) is 0 Å². The average Bonchev–Trinajstić information content (AvgIpc) is 2.81. The molecule has 0 aromatic heterocycles. The largest absolute Gasteiger partial charge is 0.300 e. The molecule has 0 bridgehead atoms. The zero-order valence-electron chi connectivity index (χ0n) is 24.0. The van der Waals surface area contributed by atoms with Crippen LogP contribution in [0.25, 0.3) is 0 Å². The molecule has 0 amide bonds. The van der Waals surface area contributed by atoms with Gasteiger partial charge < -0.3 is 0 Å². The molecule has 0 N–H and O–H groups in total. The number of nitrogens with zero attached hydrogens (tertiary/aromatic N) is 1. The first kappa shape index (κ1) is 32.7. The Bertz CT molecular complexity index is 358. The molecule has 0 atom stereocenters. The van der Waals surface area contributed by atoms with E-state index in [1.54, 1.807) is 0 Å². The molecule has 0 spiro atoms. The maximum atomic E-state index is 2.46. The molecule has 0 aliphatic rings. The van der Waals surface area contributed by atoms with Crippen LogP contribution >= 0.6 is 0 Å². The Hall–Kier alpha value is -0.300. The van der Waals surface area contributed by atoms with Crippen molar-refractivity contribution in [2.75, 3.05) is 20.1 Å². The smallest absolute Gasteiger partial charge is 0.0913 e. The molecule has 1 nitrogen and oxygen atoms in total. The predicted octanol–water partition coefficient (Wildman–Crippen LogP) is 11.4. The van der Waals surface area contributed by atoms with Gasteiger partial charge in [-0.1, -0.05) is 142 Å². The first-order valence-electron chi connectivity index (χ1n) is 15.7. The van der Waals surface area contributed by atoms with Crippen molar-refractivity contribution in [2.24, 2.45) is 0 Å². The van der Waals surface area contributed by atoms with Gasteiger partial charge in [0.05, 0.1) is 26.3 Å². The lowest BCUT2D eigenvalue weighted by Crippen LogP contribution is -2.40. The minimum Gasteiger partial charge on any atom is -0.300 e. The van der Waals surface area contributed by atoms with Gasteiger partial charge in [0.25, 0.3) is 0 Å². The van der Waals surface area contributed by atoms with E-state index in [0.717, 1.165) is 4.48 Å². The van der Waals surface area contributed by atoms with Gasteiger partial charge in [0.2, 0.25) is 0 Å². The molecule has 0 saturated heterocycles. The summed E-state index contributed by atoms with van der Waals surface area (Å²) in [5.74, 6) is 0. The standard InChI is InChI=1S/C32H66N/c1-5-8-10-12-14-16-18-20-22-24-26-28-31-33(4,30-7-3)32-29-27-25-23-21-19-17-15-13-11-9-6-2/h7,30H,5-6,8-29,31-32H2,1-4H3/q+1. The van der Waals surface area contributed by atoms with E-state index in [4.69, 9.17) is 0 Å². The van der Waals surface area contributed by atoms with Crippen molar-refractivity contribution in [3.63, 3.8) is 0 Å². The lowest BCUT2D eigenvalue weighted by Gasteiger charge is -2.30. The van der Waals surface area contributed by atoms with Gasteiger partial charge in [0, 0.05) is 0 Å². The Kier molecular flexibility index (Phi) is 26.1. The Labute approximate surface area is 211 Å². The zero-order chi connectivity index (χ0) is 24.3. The van der Waals surface area contributed by atoms with E-state index in [-0.39, 0.29) is 0 Å². The van der Waals surface area contributed by atoms with Gasteiger partial charge in [-0.15, -0.1) is 0 Å². The highest BCUT2D eigenvalue weighted by atomic mass is 15.3. The normalized spacial score (nSPS) is 12.2. The van der Waals surface area contributed by atoms with Crippen LogP contribution in [0.2, 0.25) is 0 Å². The maximum absolute atomic E-state index is 2.46. The molecule has 1 heteroatoms. The predicted molar refractivity (Wildman–Crippen MR) is 153 cm³/mol. The molecule has 0 radical (unpaired) electrons. The third-order valence-corrected chi connectivity index (χ3v) is 7.55. The van der Waals surface area contributed by atoms with Crippen molar-refractivity contribution in [3.05, 3.63) is 12.3 Å². The van der Waals surface area contributed by atoms with E-state index < -0.39 is 0 Å². The summed E-state index contributed by atoms with van der Waals surface area (Å²) in [5.41, 5.74) is 0. The molecular formula is C32H66N+. The van der Waals surface area contributed by atoms with Gasteiger partial charge in [0.15, 0.2) is 0 Å². The Balaban J connectivity index is 3.58. The van der Waals surface area contributed by atoms with E-state index in [2.05, 4.69) is 40.1 Å². The average molecular weight is 465 g/mol. The van der Waals surface area contributed by atoms with Crippen LogP contribution in [0.5, 0.6) is 0 Å². The van der Waals surface area contributed by atoms with Gasteiger partial charge in [-0.05, 0) is 38.7 Å². The van der Waals surface area contributed by atoms with Crippen LogP contribution < -0.4 is 0 Å². The Morgan fingerprint density at radius 1 is 0.394 bits per heavy atom. The van der Waals surface area contributed by atoms with Crippen LogP contribution in [0.4, 0.5) is 0 Å². The van der Waals surface area contributed by atoms with Gasteiger partial charge in [-0.25, -0.2) is 0 Å². The highest BCUT2D eigenvalue weighted by molar-refractivity contribution is 4.68. The second-order valence-corrected chi connectivity index (χ2v) is 11.2. The summed E-state index contributed by atoms with van der Waals surface area (Å²) < 4.78 is 1.16. The highest BCUT2D eigenvalue weighted by Gasteiger charge is 2.17. The second kappa shape index (κ2) is 26.3. The minimum atomic E-state index is 1.16. The van der Waals surface area contributed by atoms with E-state index in [1.165, 1.54) is 167 Å². The summed E-state index contributed by atoms with van der Waals surface area (Å²) in [5, 5.41) is 0. The number of quaternary nitrogens is 1. The third kappa shape index (κ3) is 24.6. The molecule has 0 aromatic carbocycles. The maximum Gasteiger partial charge on any atom is 0.0913 e. The van der Waals surface area contributed by atoms with E-state index in [0.29, 0.717) is 0 Å². The monoisotopic (exact) mass is 465 g/mol. The minimum absolute atomic E-state index is 1.16. The van der Waals surface area contributed by atoms with Crippen LogP contribution in [0.3, 0.4) is 0 Å². The van der Waals surface area contributed by atoms with Crippen molar-refractivity contribution >= 4 is 0 Å². The summed E-state index contributed by atoms with van der Waals surface area (Å²) in [6.45, 7) is 9.47. The Morgan fingerprint density at radius 3 is 0.879 bits per heavy atom.